The van der Waals surface area contributed by atoms with Gasteiger partial charge in [0.25, 0.3) is 0 Å². The summed E-state index contributed by atoms with van der Waals surface area (Å²) in [6, 6.07) is 38.6. The van der Waals surface area contributed by atoms with Crippen LogP contribution in [0.15, 0.2) is 114 Å². The second-order valence-corrected chi connectivity index (χ2v) is 8.88. The van der Waals surface area contributed by atoms with Gasteiger partial charge in [-0.25, -0.2) is 0 Å². The molecule has 1 aliphatic carbocycles. The second kappa shape index (κ2) is 5.93. The molecule has 0 amide bonds. The molecule has 2 aliphatic rings. The third kappa shape index (κ3) is 2.00. The van der Waals surface area contributed by atoms with E-state index in [1.54, 1.807) is 0 Å². The highest BCUT2D eigenvalue weighted by molar-refractivity contribution is 6.08. The summed E-state index contributed by atoms with van der Waals surface area (Å²) in [6.07, 6.45) is 0. The molecule has 1 aliphatic heterocycles. The highest BCUT2D eigenvalue weighted by atomic mass is 16.5. The average Bonchev–Trinajstić information content (AvgIpc) is 3.37. The van der Waals surface area contributed by atoms with Crippen molar-refractivity contribution < 1.29 is 9.15 Å². The lowest BCUT2D eigenvalue weighted by atomic mass is 9.66. The van der Waals surface area contributed by atoms with Gasteiger partial charge in [0, 0.05) is 21.9 Å². The van der Waals surface area contributed by atoms with Crippen LogP contribution in [0.5, 0.6) is 11.5 Å². The lowest BCUT2D eigenvalue weighted by molar-refractivity contribution is 0.436. The number of para-hydroxylation sites is 3. The van der Waals surface area contributed by atoms with E-state index in [0.717, 1.165) is 33.4 Å². The van der Waals surface area contributed by atoms with Crippen molar-refractivity contribution in [2.45, 2.75) is 5.41 Å². The molecule has 0 unspecified atom stereocenters. The highest BCUT2D eigenvalue weighted by Crippen LogP contribution is 2.62. The summed E-state index contributed by atoms with van der Waals surface area (Å²) in [7, 11) is 0. The maximum Gasteiger partial charge on any atom is 0.135 e. The Morgan fingerprint density at radius 1 is 0.455 bits per heavy atom. The van der Waals surface area contributed by atoms with Gasteiger partial charge in [-0.05, 0) is 52.6 Å². The summed E-state index contributed by atoms with van der Waals surface area (Å²) in [5.41, 5.74) is 8.80. The Bertz CT molecular complexity index is 1710. The molecule has 6 aromatic rings. The summed E-state index contributed by atoms with van der Waals surface area (Å²) < 4.78 is 12.8. The van der Waals surface area contributed by atoms with Gasteiger partial charge in [-0.3, -0.25) is 0 Å². The van der Waals surface area contributed by atoms with Crippen molar-refractivity contribution in [1.82, 2.24) is 0 Å². The number of fused-ring (bicyclic) bond motifs is 12. The standard InChI is InChI=1S/C31H18O2/c1-3-11-23-19(9-1)21-17-22-20-10-2-6-14-27(20)32-30(22)18-26(21)31(23)24-12-4-7-15-28(24)33-29-16-8-5-13-25(29)31/h1-18H. The van der Waals surface area contributed by atoms with E-state index in [1.807, 2.05) is 24.3 Å². The van der Waals surface area contributed by atoms with Crippen molar-refractivity contribution in [2.75, 3.05) is 0 Å². The first-order chi connectivity index (χ1) is 16.4. The summed E-state index contributed by atoms with van der Waals surface area (Å²) in [5, 5.41) is 2.31. The van der Waals surface area contributed by atoms with E-state index in [1.165, 1.54) is 33.4 Å². The molecule has 0 bridgehead atoms. The second-order valence-electron chi connectivity index (χ2n) is 8.88. The van der Waals surface area contributed by atoms with Crippen molar-refractivity contribution in [3.8, 4) is 22.6 Å². The molecule has 0 radical (unpaired) electrons. The van der Waals surface area contributed by atoms with Crippen molar-refractivity contribution >= 4 is 21.9 Å². The molecular weight excluding hydrogens is 404 g/mol. The van der Waals surface area contributed by atoms with Gasteiger partial charge in [-0.1, -0.05) is 78.9 Å². The van der Waals surface area contributed by atoms with Crippen LogP contribution < -0.4 is 4.74 Å². The zero-order valence-electron chi connectivity index (χ0n) is 17.7. The van der Waals surface area contributed by atoms with Gasteiger partial charge in [-0.2, -0.15) is 0 Å². The molecule has 2 nitrogen and oxygen atoms in total. The van der Waals surface area contributed by atoms with E-state index in [0.29, 0.717) is 0 Å². The maximum atomic E-state index is 6.41. The normalized spacial score (nSPS) is 14.5. The molecule has 0 saturated carbocycles. The molecule has 0 atom stereocenters. The third-order valence-electron chi connectivity index (χ3n) is 7.34. The number of hydrogen-bond donors (Lipinski definition) is 0. The smallest absolute Gasteiger partial charge is 0.135 e. The van der Waals surface area contributed by atoms with Crippen LogP contribution in [0.4, 0.5) is 0 Å². The highest BCUT2D eigenvalue weighted by Gasteiger charge is 2.51. The fraction of sp³-hybridized carbons (Fsp3) is 0.0323. The summed E-state index contributed by atoms with van der Waals surface area (Å²) >= 11 is 0. The van der Waals surface area contributed by atoms with E-state index >= 15 is 0 Å². The lowest BCUT2D eigenvalue weighted by Crippen LogP contribution is -2.32. The molecule has 8 rings (SSSR count). The van der Waals surface area contributed by atoms with Gasteiger partial charge in [-0.15, -0.1) is 0 Å². The lowest BCUT2D eigenvalue weighted by Gasteiger charge is -2.39. The minimum Gasteiger partial charge on any atom is -0.457 e. The van der Waals surface area contributed by atoms with Crippen LogP contribution in [0, 0.1) is 0 Å². The molecule has 33 heavy (non-hydrogen) atoms. The Hall–Kier alpha value is -4.30. The molecule has 0 N–H and O–H groups in total. The minimum absolute atomic E-state index is 0.454. The minimum atomic E-state index is -0.454. The molecule has 1 aromatic heterocycles. The first-order valence-corrected chi connectivity index (χ1v) is 11.3. The zero-order valence-corrected chi connectivity index (χ0v) is 17.7. The van der Waals surface area contributed by atoms with Crippen LogP contribution >= 0.6 is 0 Å². The molecule has 1 spiro atoms. The SMILES string of the molecule is c1ccc2c(c1)Oc1ccccc1C21c2ccccc2-c2cc3c(cc21)oc1ccccc13. The third-order valence-corrected chi connectivity index (χ3v) is 7.34. The van der Waals surface area contributed by atoms with Crippen molar-refractivity contribution in [3.05, 3.63) is 131 Å². The largest absolute Gasteiger partial charge is 0.457 e. The molecular formula is C31H18O2. The van der Waals surface area contributed by atoms with E-state index in [4.69, 9.17) is 9.15 Å². The number of ether oxygens (including phenoxy) is 1. The summed E-state index contributed by atoms with van der Waals surface area (Å²) in [5.74, 6) is 1.81. The Kier molecular flexibility index (Phi) is 3.11. The van der Waals surface area contributed by atoms with Crippen LogP contribution in [-0.2, 0) is 5.41 Å². The van der Waals surface area contributed by atoms with Gasteiger partial charge in [0.2, 0.25) is 0 Å². The molecule has 154 valence electrons. The van der Waals surface area contributed by atoms with Crippen molar-refractivity contribution in [3.63, 3.8) is 0 Å². The Morgan fingerprint density at radius 2 is 1.09 bits per heavy atom. The van der Waals surface area contributed by atoms with Crippen molar-refractivity contribution in [1.29, 1.82) is 0 Å². The van der Waals surface area contributed by atoms with E-state index in [2.05, 4.69) is 84.9 Å². The van der Waals surface area contributed by atoms with Crippen LogP contribution in [0.3, 0.4) is 0 Å². The van der Waals surface area contributed by atoms with Crippen LogP contribution in [0.1, 0.15) is 22.3 Å². The molecule has 2 heterocycles. The van der Waals surface area contributed by atoms with Crippen LogP contribution in [0.2, 0.25) is 0 Å². The fourth-order valence-electron chi connectivity index (χ4n) is 6.07. The molecule has 2 heteroatoms. The average molecular weight is 422 g/mol. The van der Waals surface area contributed by atoms with E-state index < -0.39 is 5.41 Å². The number of hydrogen-bond acceptors (Lipinski definition) is 2. The van der Waals surface area contributed by atoms with Crippen LogP contribution in [0.25, 0.3) is 33.1 Å². The predicted octanol–water partition coefficient (Wildman–Crippen LogP) is 8.05. The predicted molar refractivity (Wildman–Crippen MR) is 131 cm³/mol. The number of benzene rings is 5. The summed E-state index contributed by atoms with van der Waals surface area (Å²) in [6.45, 7) is 0. The summed E-state index contributed by atoms with van der Waals surface area (Å²) in [4.78, 5) is 0. The van der Waals surface area contributed by atoms with Crippen molar-refractivity contribution in [2.24, 2.45) is 0 Å². The van der Waals surface area contributed by atoms with Gasteiger partial charge in [0.15, 0.2) is 0 Å². The first-order valence-electron chi connectivity index (χ1n) is 11.3. The Balaban J connectivity index is 1.60. The fourth-order valence-corrected chi connectivity index (χ4v) is 6.07. The van der Waals surface area contributed by atoms with Gasteiger partial charge in [0.05, 0.1) is 5.41 Å². The van der Waals surface area contributed by atoms with Gasteiger partial charge in [0.1, 0.15) is 22.7 Å². The van der Waals surface area contributed by atoms with Gasteiger partial charge < -0.3 is 9.15 Å². The number of furan rings is 1. The molecule has 0 saturated heterocycles. The van der Waals surface area contributed by atoms with E-state index in [9.17, 15) is 0 Å². The Morgan fingerprint density at radius 3 is 1.88 bits per heavy atom. The number of rotatable bonds is 0. The first kappa shape index (κ1) is 17.3. The van der Waals surface area contributed by atoms with Gasteiger partial charge >= 0.3 is 0 Å². The maximum absolute atomic E-state index is 6.41. The van der Waals surface area contributed by atoms with Crippen LogP contribution in [-0.4, -0.2) is 0 Å². The molecule has 0 fully saturated rings. The van der Waals surface area contributed by atoms with E-state index in [-0.39, 0.29) is 0 Å². The zero-order chi connectivity index (χ0) is 21.6. The molecule has 5 aromatic carbocycles. The monoisotopic (exact) mass is 422 g/mol. The quantitative estimate of drug-likeness (QED) is 0.247. The Labute approximate surface area is 190 Å². The topological polar surface area (TPSA) is 22.4 Å².